The van der Waals surface area contributed by atoms with Gasteiger partial charge in [0.2, 0.25) is 0 Å². The average Bonchev–Trinajstić information content (AvgIpc) is 2.77. The summed E-state index contributed by atoms with van der Waals surface area (Å²) in [5.74, 6) is 0.672. The molecule has 5 nitrogen and oxygen atoms in total. The van der Waals surface area contributed by atoms with Gasteiger partial charge in [-0.15, -0.1) is 0 Å². The van der Waals surface area contributed by atoms with Crippen LogP contribution < -0.4 is 0 Å². The lowest BCUT2D eigenvalue weighted by Gasteiger charge is -2.05. The quantitative estimate of drug-likeness (QED) is 0.753. The Hall–Kier alpha value is -1.62. The van der Waals surface area contributed by atoms with Gasteiger partial charge in [-0.3, -0.25) is 0 Å². The fourth-order valence-electron chi connectivity index (χ4n) is 1.35. The molecule has 0 radical (unpaired) electrons. The molecule has 2 rings (SSSR count). The van der Waals surface area contributed by atoms with Crippen molar-refractivity contribution in [1.29, 1.82) is 0 Å². The lowest BCUT2D eigenvalue weighted by Crippen LogP contribution is -2.07. The topological polar surface area (TPSA) is 55.9 Å². The summed E-state index contributed by atoms with van der Waals surface area (Å²) < 4.78 is 3.85. The van der Waals surface area contributed by atoms with E-state index in [1.54, 1.807) is 18.7 Å². The van der Waals surface area contributed by atoms with Crippen molar-refractivity contribution in [3.63, 3.8) is 0 Å². The van der Waals surface area contributed by atoms with Crippen molar-refractivity contribution in [3.8, 4) is 0 Å². The van der Waals surface area contributed by atoms with Gasteiger partial charge in [0.05, 0.1) is 18.6 Å². The summed E-state index contributed by atoms with van der Waals surface area (Å²) in [5, 5.41) is 9.00. The van der Waals surface area contributed by atoms with Gasteiger partial charge in [-0.2, -0.15) is 0 Å². The molecule has 0 unspecified atom stereocenters. The monoisotopic (exact) mass is 192 g/mol. The zero-order valence-electron chi connectivity index (χ0n) is 7.96. The van der Waals surface area contributed by atoms with Crippen LogP contribution in [0.1, 0.15) is 11.5 Å². The molecule has 0 aliphatic rings. The molecular formula is C9H12N4O. The van der Waals surface area contributed by atoms with Crippen molar-refractivity contribution in [2.75, 3.05) is 0 Å². The van der Waals surface area contributed by atoms with Gasteiger partial charge in [0.25, 0.3) is 0 Å². The molecule has 5 heteroatoms. The standard InChI is InChI=1S/C9H12N4O/c1-12-7-10-4-8(12)5-13-3-2-11-9(13)6-14/h2-4,7,14H,5-6H2,1H3. The van der Waals surface area contributed by atoms with E-state index < -0.39 is 0 Å². The second kappa shape index (κ2) is 3.63. The van der Waals surface area contributed by atoms with Crippen LogP contribution in [0.15, 0.2) is 24.9 Å². The van der Waals surface area contributed by atoms with Gasteiger partial charge >= 0.3 is 0 Å². The van der Waals surface area contributed by atoms with Gasteiger partial charge < -0.3 is 14.2 Å². The van der Waals surface area contributed by atoms with Crippen LogP contribution in [0.2, 0.25) is 0 Å². The van der Waals surface area contributed by atoms with Gasteiger partial charge in [-0.25, -0.2) is 9.97 Å². The fraction of sp³-hybridized carbons (Fsp3) is 0.333. The van der Waals surface area contributed by atoms with Crippen LogP contribution in [-0.4, -0.2) is 24.2 Å². The predicted octanol–water partition coefficient (Wildman–Crippen LogP) is 0.157. The molecule has 1 N–H and O–H groups in total. The van der Waals surface area contributed by atoms with Crippen LogP contribution >= 0.6 is 0 Å². The Morgan fingerprint density at radius 1 is 1.50 bits per heavy atom. The first-order chi connectivity index (χ1) is 6.81. The fourth-order valence-corrected chi connectivity index (χ4v) is 1.35. The highest BCUT2D eigenvalue weighted by Crippen LogP contribution is 2.04. The molecule has 0 aromatic carbocycles. The summed E-state index contributed by atoms with van der Waals surface area (Å²) in [4.78, 5) is 8.05. The second-order valence-corrected chi connectivity index (χ2v) is 3.13. The molecule has 0 bridgehead atoms. The molecule has 74 valence electrons. The van der Waals surface area contributed by atoms with Crippen LogP contribution in [0, 0.1) is 0 Å². The molecule has 0 fully saturated rings. The molecular weight excluding hydrogens is 180 g/mol. The van der Waals surface area contributed by atoms with Crippen molar-refractivity contribution in [2.45, 2.75) is 13.2 Å². The second-order valence-electron chi connectivity index (χ2n) is 3.13. The Kier molecular flexibility index (Phi) is 2.32. The van der Waals surface area contributed by atoms with Crippen LogP contribution in [0.4, 0.5) is 0 Å². The zero-order valence-corrected chi connectivity index (χ0v) is 7.96. The summed E-state index contributed by atoms with van der Waals surface area (Å²) >= 11 is 0. The lowest BCUT2D eigenvalue weighted by molar-refractivity contribution is 0.266. The molecule has 2 aromatic heterocycles. The van der Waals surface area contributed by atoms with Gasteiger partial charge in [-0.05, 0) is 0 Å². The number of rotatable bonds is 3. The summed E-state index contributed by atoms with van der Waals surface area (Å²) in [5.41, 5.74) is 1.08. The molecule has 2 heterocycles. The van der Waals surface area contributed by atoms with Gasteiger partial charge in [-0.1, -0.05) is 0 Å². The molecule has 0 saturated heterocycles. The molecule has 0 spiro atoms. The van der Waals surface area contributed by atoms with Crippen molar-refractivity contribution < 1.29 is 5.11 Å². The van der Waals surface area contributed by atoms with Crippen LogP contribution in [0.5, 0.6) is 0 Å². The summed E-state index contributed by atoms with van der Waals surface area (Å²) in [6.07, 6.45) is 7.09. The predicted molar refractivity (Wildman–Crippen MR) is 50.5 cm³/mol. The maximum absolute atomic E-state index is 9.00. The highest BCUT2D eigenvalue weighted by atomic mass is 16.3. The summed E-state index contributed by atoms with van der Waals surface area (Å²) in [7, 11) is 1.94. The summed E-state index contributed by atoms with van der Waals surface area (Å²) in [6, 6.07) is 0. The van der Waals surface area contributed by atoms with E-state index in [4.69, 9.17) is 5.11 Å². The number of aryl methyl sites for hydroxylation is 1. The molecule has 0 aliphatic heterocycles. The third-order valence-electron chi connectivity index (χ3n) is 2.19. The van der Waals surface area contributed by atoms with E-state index in [-0.39, 0.29) is 6.61 Å². The molecule has 0 saturated carbocycles. The molecule has 14 heavy (non-hydrogen) atoms. The van der Waals surface area contributed by atoms with E-state index >= 15 is 0 Å². The first-order valence-electron chi connectivity index (χ1n) is 4.37. The Balaban J connectivity index is 2.22. The van der Waals surface area contributed by atoms with Crippen LogP contribution in [0.25, 0.3) is 0 Å². The number of hydrogen-bond donors (Lipinski definition) is 1. The van der Waals surface area contributed by atoms with Crippen LogP contribution in [0.3, 0.4) is 0 Å². The number of nitrogens with zero attached hydrogens (tertiary/aromatic N) is 4. The Labute approximate surface area is 81.7 Å². The number of aliphatic hydroxyl groups excluding tert-OH is 1. The number of hydrogen-bond acceptors (Lipinski definition) is 3. The van der Waals surface area contributed by atoms with Crippen LogP contribution in [-0.2, 0) is 20.2 Å². The minimum absolute atomic E-state index is 0.0369. The minimum atomic E-state index is -0.0369. The zero-order chi connectivity index (χ0) is 9.97. The lowest BCUT2D eigenvalue weighted by atomic mass is 10.4. The Morgan fingerprint density at radius 3 is 3.00 bits per heavy atom. The maximum Gasteiger partial charge on any atom is 0.134 e. The first-order valence-corrected chi connectivity index (χ1v) is 4.37. The molecule has 0 amide bonds. The van der Waals surface area contributed by atoms with E-state index in [1.807, 2.05) is 22.4 Å². The largest absolute Gasteiger partial charge is 0.388 e. The van der Waals surface area contributed by atoms with Gasteiger partial charge in [0.15, 0.2) is 0 Å². The van der Waals surface area contributed by atoms with E-state index in [0.29, 0.717) is 12.4 Å². The highest BCUT2D eigenvalue weighted by Gasteiger charge is 2.03. The van der Waals surface area contributed by atoms with Crippen molar-refractivity contribution in [2.24, 2.45) is 7.05 Å². The SMILES string of the molecule is Cn1cncc1Cn1ccnc1CO. The number of aromatic nitrogens is 4. The maximum atomic E-state index is 9.00. The normalized spacial score (nSPS) is 10.7. The number of imidazole rings is 2. The van der Waals surface area contributed by atoms with Gasteiger partial charge in [0, 0.05) is 25.6 Å². The minimum Gasteiger partial charge on any atom is -0.388 e. The third kappa shape index (κ3) is 1.54. The Bertz CT molecular complexity index is 418. The number of aliphatic hydroxyl groups is 1. The highest BCUT2D eigenvalue weighted by molar-refractivity contribution is 5.02. The van der Waals surface area contributed by atoms with Crippen molar-refractivity contribution >= 4 is 0 Å². The smallest absolute Gasteiger partial charge is 0.134 e. The molecule has 0 atom stereocenters. The summed E-state index contributed by atoms with van der Waals surface area (Å²) in [6.45, 7) is 0.650. The molecule has 0 aliphatic carbocycles. The van der Waals surface area contributed by atoms with E-state index in [9.17, 15) is 0 Å². The Morgan fingerprint density at radius 2 is 2.36 bits per heavy atom. The van der Waals surface area contributed by atoms with E-state index in [0.717, 1.165) is 5.69 Å². The average molecular weight is 192 g/mol. The third-order valence-corrected chi connectivity index (χ3v) is 2.19. The molecule has 2 aromatic rings. The van der Waals surface area contributed by atoms with E-state index in [2.05, 4.69) is 9.97 Å². The first kappa shape index (κ1) is 8.96. The van der Waals surface area contributed by atoms with Crippen molar-refractivity contribution in [1.82, 2.24) is 19.1 Å². The van der Waals surface area contributed by atoms with Gasteiger partial charge in [0.1, 0.15) is 12.4 Å². The van der Waals surface area contributed by atoms with E-state index in [1.165, 1.54) is 0 Å². The van der Waals surface area contributed by atoms with Crippen molar-refractivity contribution in [3.05, 3.63) is 36.4 Å².